The van der Waals surface area contributed by atoms with Crippen molar-refractivity contribution in [2.24, 2.45) is 0 Å². The summed E-state index contributed by atoms with van der Waals surface area (Å²) in [6, 6.07) is 4.69. The van der Waals surface area contributed by atoms with Gasteiger partial charge in [-0.3, -0.25) is 14.2 Å². The van der Waals surface area contributed by atoms with E-state index in [1.807, 2.05) is 0 Å². The summed E-state index contributed by atoms with van der Waals surface area (Å²) in [5.41, 5.74) is -0.546. The topological polar surface area (TPSA) is 105 Å². The number of aromatic amines is 1. The van der Waals surface area contributed by atoms with Crippen LogP contribution < -0.4 is 11.2 Å². The molecule has 1 aliphatic heterocycles. The molecule has 156 valence electrons. The van der Waals surface area contributed by atoms with Gasteiger partial charge in [0.1, 0.15) is 0 Å². The number of nitrogens with zero attached hydrogens (tertiary/aromatic N) is 3. The van der Waals surface area contributed by atoms with Crippen LogP contribution in [0.4, 0.5) is 4.79 Å². The molecule has 2 aromatic rings. The van der Waals surface area contributed by atoms with Gasteiger partial charge >= 0.3 is 11.8 Å². The first kappa shape index (κ1) is 20.9. The minimum absolute atomic E-state index is 0.0643. The molecule has 9 nitrogen and oxygen atoms in total. The Morgan fingerprint density at radius 2 is 1.83 bits per heavy atom. The summed E-state index contributed by atoms with van der Waals surface area (Å²) in [6.45, 7) is 3.94. The molecular formula is C19H23ClN4O5. The van der Waals surface area contributed by atoms with Crippen molar-refractivity contribution in [3.63, 3.8) is 0 Å². The third kappa shape index (κ3) is 4.79. The number of benzene rings is 1. The van der Waals surface area contributed by atoms with Crippen molar-refractivity contribution in [1.29, 1.82) is 0 Å². The fourth-order valence-electron chi connectivity index (χ4n) is 3.33. The lowest BCUT2D eigenvalue weighted by molar-refractivity contribution is -0.132. The Balaban J connectivity index is 1.56. The molecule has 0 saturated carbocycles. The van der Waals surface area contributed by atoms with Crippen LogP contribution in [0.15, 0.2) is 27.8 Å². The zero-order valence-corrected chi connectivity index (χ0v) is 16.9. The first-order valence-corrected chi connectivity index (χ1v) is 9.90. The molecule has 29 heavy (non-hydrogen) atoms. The van der Waals surface area contributed by atoms with Crippen molar-refractivity contribution < 1.29 is 14.3 Å². The number of amides is 2. The molecule has 1 aromatic carbocycles. The van der Waals surface area contributed by atoms with Crippen LogP contribution in [-0.2, 0) is 16.1 Å². The zero-order valence-electron chi connectivity index (χ0n) is 16.1. The lowest BCUT2D eigenvalue weighted by Crippen LogP contribution is -2.50. The van der Waals surface area contributed by atoms with Crippen LogP contribution >= 0.6 is 11.6 Å². The molecule has 1 saturated heterocycles. The molecule has 1 aliphatic rings. The molecular weight excluding hydrogens is 400 g/mol. The Morgan fingerprint density at radius 3 is 2.52 bits per heavy atom. The summed E-state index contributed by atoms with van der Waals surface area (Å²) < 4.78 is 6.06. The number of hydrogen-bond donors (Lipinski definition) is 1. The summed E-state index contributed by atoms with van der Waals surface area (Å²) in [7, 11) is 0. The molecule has 3 rings (SSSR count). The van der Waals surface area contributed by atoms with Gasteiger partial charge in [0.2, 0.25) is 5.91 Å². The van der Waals surface area contributed by atoms with E-state index >= 15 is 0 Å². The smallest absolute Gasteiger partial charge is 0.409 e. The number of H-pyrrole nitrogens is 1. The van der Waals surface area contributed by atoms with Crippen molar-refractivity contribution >= 4 is 34.5 Å². The average molecular weight is 423 g/mol. The lowest BCUT2D eigenvalue weighted by Gasteiger charge is -2.34. The number of carbonyl (C=O) groups is 2. The molecule has 0 atom stereocenters. The number of hydrogen-bond acceptors (Lipinski definition) is 5. The van der Waals surface area contributed by atoms with E-state index in [0.717, 1.165) is 4.57 Å². The normalized spacial score (nSPS) is 14.3. The minimum Gasteiger partial charge on any atom is -0.450 e. The Bertz CT molecular complexity index is 1020. The summed E-state index contributed by atoms with van der Waals surface area (Å²) in [5.74, 6) is -0.0643. The highest BCUT2D eigenvalue weighted by Crippen LogP contribution is 2.13. The Kier molecular flexibility index (Phi) is 6.58. The first-order chi connectivity index (χ1) is 13.9. The van der Waals surface area contributed by atoms with Gasteiger partial charge < -0.3 is 19.5 Å². The second-order valence-corrected chi connectivity index (χ2v) is 7.18. The molecule has 0 bridgehead atoms. The highest BCUT2D eigenvalue weighted by atomic mass is 35.5. The van der Waals surface area contributed by atoms with Gasteiger partial charge in [-0.2, -0.15) is 0 Å². The van der Waals surface area contributed by atoms with Gasteiger partial charge in [0.15, 0.2) is 0 Å². The quantitative estimate of drug-likeness (QED) is 0.784. The predicted molar refractivity (Wildman–Crippen MR) is 108 cm³/mol. The van der Waals surface area contributed by atoms with Crippen LogP contribution in [0.5, 0.6) is 0 Å². The number of aromatic nitrogens is 2. The van der Waals surface area contributed by atoms with E-state index < -0.39 is 11.2 Å². The number of carbonyl (C=O) groups excluding carboxylic acids is 2. The fraction of sp³-hybridized carbons (Fsp3) is 0.474. The summed E-state index contributed by atoms with van der Waals surface area (Å²) >= 11 is 5.90. The van der Waals surface area contributed by atoms with E-state index in [1.165, 1.54) is 6.07 Å². The standard InChI is InChI=1S/C19H23ClN4O5/c1-2-29-19(28)23-10-8-22(9-11-23)16(25)4-3-7-24-17(26)14-6-5-13(20)12-15(14)21-18(24)27/h5-6,12H,2-4,7-11H2,1H3,(H,21,27). The van der Waals surface area contributed by atoms with Crippen LogP contribution in [0, 0.1) is 0 Å². The summed E-state index contributed by atoms with van der Waals surface area (Å²) in [5, 5.41) is 0.800. The Hall–Kier alpha value is -2.81. The molecule has 1 fully saturated rings. The molecule has 0 unspecified atom stereocenters. The molecule has 2 amide bonds. The second-order valence-electron chi connectivity index (χ2n) is 6.75. The highest BCUT2D eigenvalue weighted by Gasteiger charge is 2.24. The largest absolute Gasteiger partial charge is 0.450 e. The third-order valence-electron chi connectivity index (χ3n) is 4.87. The maximum absolute atomic E-state index is 12.5. The Morgan fingerprint density at radius 1 is 1.14 bits per heavy atom. The van der Waals surface area contributed by atoms with Crippen molar-refractivity contribution in [2.45, 2.75) is 26.3 Å². The third-order valence-corrected chi connectivity index (χ3v) is 5.11. The maximum Gasteiger partial charge on any atom is 0.409 e. The van der Waals surface area contributed by atoms with Gasteiger partial charge in [0.05, 0.1) is 17.5 Å². The molecule has 10 heteroatoms. The number of nitrogens with one attached hydrogen (secondary N) is 1. The number of ether oxygens (including phenoxy) is 1. The van der Waals surface area contributed by atoms with E-state index in [9.17, 15) is 19.2 Å². The van der Waals surface area contributed by atoms with E-state index in [-0.39, 0.29) is 25.0 Å². The van der Waals surface area contributed by atoms with Crippen LogP contribution in [0.2, 0.25) is 5.02 Å². The summed E-state index contributed by atoms with van der Waals surface area (Å²) in [6.07, 6.45) is 0.207. The second kappa shape index (κ2) is 9.13. The fourth-order valence-corrected chi connectivity index (χ4v) is 3.50. The van der Waals surface area contributed by atoms with Crippen LogP contribution in [-0.4, -0.2) is 64.1 Å². The van der Waals surface area contributed by atoms with E-state index in [2.05, 4.69) is 4.98 Å². The van der Waals surface area contributed by atoms with Crippen molar-refractivity contribution in [2.75, 3.05) is 32.8 Å². The minimum atomic E-state index is -0.528. The summed E-state index contributed by atoms with van der Waals surface area (Å²) in [4.78, 5) is 54.8. The predicted octanol–water partition coefficient (Wildman–Crippen LogP) is 1.42. The van der Waals surface area contributed by atoms with Crippen LogP contribution in [0.1, 0.15) is 19.8 Å². The molecule has 0 aliphatic carbocycles. The van der Waals surface area contributed by atoms with Crippen molar-refractivity contribution in [3.05, 3.63) is 44.1 Å². The molecule has 1 aromatic heterocycles. The van der Waals surface area contributed by atoms with E-state index in [1.54, 1.807) is 28.9 Å². The SMILES string of the molecule is CCOC(=O)N1CCN(C(=O)CCCn2c(=O)[nH]c3cc(Cl)ccc3c2=O)CC1. The highest BCUT2D eigenvalue weighted by molar-refractivity contribution is 6.31. The maximum atomic E-state index is 12.5. The number of halogens is 1. The van der Waals surface area contributed by atoms with Gasteiger partial charge in [0, 0.05) is 44.2 Å². The van der Waals surface area contributed by atoms with Gasteiger partial charge in [-0.15, -0.1) is 0 Å². The van der Waals surface area contributed by atoms with Crippen molar-refractivity contribution in [1.82, 2.24) is 19.4 Å². The zero-order chi connectivity index (χ0) is 21.0. The molecule has 2 heterocycles. The first-order valence-electron chi connectivity index (χ1n) is 9.52. The monoisotopic (exact) mass is 422 g/mol. The number of fused-ring (bicyclic) bond motifs is 1. The number of piperazine rings is 1. The molecule has 0 radical (unpaired) electrons. The van der Waals surface area contributed by atoms with Gasteiger partial charge in [0.25, 0.3) is 5.56 Å². The van der Waals surface area contributed by atoms with E-state index in [4.69, 9.17) is 16.3 Å². The number of rotatable bonds is 5. The van der Waals surface area contributed by atoms with Crippen LogP contribution in [0.25, 0.3) is 10.9 Å². The van der Waals surface area contributed by atoms with Gasteiger partial charge in [-0.1, -0.05) is 11.6 Å². The van der Waals surface area contributed by atoms with Gasteiger partial charge in [-0.05, 0) is 31.5 Å². The molecule has 1 N–H and O–H groups in total. The van der Waals surface area contributed by atoms with Gasteiger partial charge in [-0.25, -0.2) is 9.59 Å². The lowest BCUT2D eigenvalue weighted by atomic mass is 10.2. The van der Waals surface area contributed by atoms with Crippen LogP contribution in [0.3, 0.4) is 0 Å². The Labute approximate surface area is 171 Å². The molecule has 0 spiro atoms. The van der Waals surface area contributed by atoms with E-state index in [0.29, 0.717) is 55.1 Å². The van der Waals surface area contributed by atoms with Crippen molar-refractivity contribution in [3.8, 4) is 0 Å². The average Bonchev–Trinajstić information content (AvgIpc) is 2.70.